The van der Waals surface area contributed by atoms with Gasteiger partial charge in [0.05, 0.1) is 0 Å². The van der Waals surface area contributed by atoms with Gasteiger partial charge in [-0.2, -0.15) is 4.98 Å². The predicted molar refractivity (Wildman–Crippen MR) is 75.2 cm³/mol. The van der Waals surface area contributed by atoms with Gasteiger partial charge in [0.2, 0.25) is 11.7 Å². The molecular weight excluding hydrogens is 254 g/mol. The van der Waals surface area contributed by atoms with Gasteiger partial charge in [-0.15, -0.1) is 0 Å². The van der Waals surface area contributed by atoms with E-state index in [0.29, 0.717) is 12.3 Å². The van der Waals surface area contributed by atoms with Crippen molar-refractivity contribution in [2.75, 3.05) is 7.11 Å². The van der Waals surface area contributed by atoms with Crippen LogP contribution in [0.1, 0.15) is 69.5 Å². The first-order chi connectivity index (χ1) is 9.66. The Morgan fingerprint density at radius 2 is 1.75 bits per heavy atom. The minimum atomic E-state index is -0.336. The average molecular weight is 279 g/mol. The number of hydrogen-bond donors (Lipinski definition) is 1. The van der Waals surface area contributed by atoms with Gasteiger partial charge in [0, 0.05) is 19.1 Å². The van der Waals surface area contributed by atoms with Crippen LogP contribution in [0, 0.1) is 0 Å². The molecule has 2 aliphatic carbocycles. The standard InChI is InChI=1S/C15H25N3O2/c1-19-15(9-3-2-4-10-15)13-17-12(20-18-13)11-14(16)7-5-6-8-14/h2-11,16H2,1H3. The van der Waals surface area contributed by atoms with Crippen molar-refractivity contribution < 1.29 is 9.26 Å². The zero-order chi connectivity index (χ0) is 14.1. The van der Waals surface area contributed by atoms with Crippen molar-refractivity contribution in [3.05, 3.63) is 11.7 Å². The van der Waals surface area contributed by atoms with Gasteiger partial charge in [-0.25, -0.2) is 0 Å². The summed E-state index contributed by atoms with van der Waals surface area (Å²) in [6, 6.07) is 0. The largest absolute Gasteiger partial charge is 0.370 e. The Bertz CT molecular complexity index is 446. The van der Waals surface area contributed by atoms with Crippen LogP contribution >= 0.6 is 0 Å². The van der Waals surface area contributed by atoms with Crippen molar-refractivity contribution in [3.63, 3.8) is 0 Å². The highest BCUT2D eigenvalue weighted by atomic mass is 16.5. The van der Waals surface area contributed by atoms with E-state index >= 15 is 0 Å². The summed E-state index contributed by atoms with van der Waals surface area (Å²) in [6.07, 6.45) is 10.8. The van der Waals surface area contributed by atoms with Crippen LogP contribution in [-0.2, 0) is 16.8 Å². The number of hydrogen-bond acceptors (Lipinski definition) is 5. The number of aromatic nitrogens is 2. The van der Waals surface area contributed by atoms with Gasteiger partial charge in [0.1, 0.15) is 5.60 Å². The summed E-state index contributed by atoms with van der Waals surface area (Å²) in [7, 11) is 1.75. The monoisotopic (exact) mass is 279 g/mol. The summed E-state index contributed by atoms with van der Waals surface area (Å²) in [4.78, 5) is 4.60. The first-order valence-electron chi connectivity index (χ1n) is 7.83. The van der Waals surface area contributed by atoms with E-state index in [-0.39, 0.29) is 11.1 Å². The number of ether oxygens (including phenoxy) is 1. The lowest BCUT2D eigenvalue weighted by Gasteiger charge is -2.32. The molecule has 0 radical (unpaired) electrons. The van der Waals surface area contributed by atoms with Gasteiger partial charge in [0.15, 0.2) is 0 Å². The predicted octanol–water partition coefficient (Wildman–Crippen LogP) is 2.69. The highest BCUT2D eigenvalue weighted by molar-refractivity contribution is 5.05. The summed E-state index contributed by atoms with van der Waals surface area (Å²) in [5.74, 6) is 1.39. The molecule has 2 aliphatic rings. The van der Waals surface area contributed by atoms with Crippen molar-refractivity contribution in [3.8, 4) is 0 Å². The molecule has 1 aromatic rings. The van der Waals surface area contributed by atoms with Crippen LogP contribution in [0.3, 0.4) is 0 Å². The fourth-order valence-electron chi connectivity index (χ4n) is 3.71. The first-order valence-corrected chi connectivity index (χ1v) is 7.83. The van der Waals surface area contributed by atoms with Gasteiger partial charge < -0.3 is 15.0 Å². The smallest absolute Gasteiger partial charge is 0.228 e. The lowest BCUT2D eigenvalue weighted by molar-refractivity contribution is -0.0527. The van der Waals surface area contributed by atoms with Crippen molar-refractivity contribution >= 4 is 0 Å². The van der Waals surface area contributed by atoms with Crippen LogP contribution in [0.25, 0.3) is 0 Å². The van der Waals surface area contributed by atoms with Crippen LogP contribution in [0.15, 0.2) is 4.52 Å². The molecule has 0 amide bonds. The summed E-state index contributed by atoms with van der Waals surface area (Å²) in [6.45, 7) is 0. The van der Waals surface area contributed by atoms with E-state index < -0.39 is 0 Å². The Balaban J connectivity index is 1.75. The van der Waals surface area contributed by atoms with Crippen LogP contribution in [0.5, 0.6) is 0 Å². The molecule has 0 spiro atoms. The molecule has 0 unspecified atom stereocenters. The van der Waals surface area contributed by atoms with E-state index in [1.165, 1.54) is 32.1 Å². The van der Waals surface area contributed by atoms with E-state index in [2.05, 4.69) is 10.1 Å². The van der Waals surface area contributed by atoms with Crippen LogP contribution < -0.4 is 5.73 Å². The van der Waals surface area contributed by atoms with Gasteiger partial charge in [-0.1, -0.05) is 37.3 Å². The molecule has 2 saturated carbocycles. The molecule has 1 heterocycles. The summed E-state index contributed by atoms with van der Waals surface area (Å²) in [5, 5.41) is 4.19. The summed E-state index contributed by atoms with van der Waals surface area (Å²) < 4.78 is 11.2. The topological polar surface area (TPSA) is 74.2 Å². The molecule has 3 rings (SSSR count). The van der Waals surface area contributed by atoms with Gasteiger partial charge in [-0.3, -0.25) is 0 Å². The van der Waals surface area contributed by atoms with Crippen molar-refractivity contribution in [2.45, 2.75) is 75.3 Å². The fourth-order valence-corrected chi connectivity index (χ4v) is 3.71. The third kappa shape index (κ3) is 2.61. The Labute approximate surface area is 120 Å². The number of rotatable bonds is 4. The maximum Gasteiger partial charge on any atom is 0.228 e. The lowest BCUT2D eigenvalue weighted by Crippen LogP contribution is -2.39. The van der Waals surface area contributed by atoms with Gasteiger partial charge in [0.25, 0.3) is 0 Å². The molecule has 5 nitrogen and oxygen atoms in total. The zero-order valence-corrected chi connectivity index (χ0v) is 12.4. The molecule has 2 fully saturated rings. The molecular formula is C15H25N3O2. The second-order valence-electron chi connectivity index (χ2n) is 6.52. The maximum absolute atomic E-state index is 6.39. The number of methoxy groups -OCH3 is 1. The molecule has 5 heteroatoms. The molecule has 1 aromatic heterocycles. The average Bonchev–Trinajstić information content (AvgIpc) is 3.10. The molecule has 0 bridgehead atoms. The van der Waals surface area contributed by atoms with Crippen molar-refractivity contribution in [1.29, 1.82) is 0 Å². The Hall–Kier alpha value is -0.940. The summed E-state index contributed by atoms with van der Waals surface area (Å²) >= 11 is 0. The summed E-state index contributed by atoms with van der Waals surface area (Å²) in [5.41, 5.74) is 5.91. The zero-order valence-electron chi connectivity index (χ0n) is 12.4. The minimum Gasteiger partial charge on any atom is -0.370 e. The van der Waals surface area contributed by atoms with Crippen LogP contribution in [0.4, 0.5) is 0 Å². The quantitative estimate of drug-likeness (QED) is 0.917. The third-order valence-electron chi connectivity index (χ3n) is 5.03. The third-order valence-corrected chi connectivity index (χ3v) is 5.03. The van der Waals surface area contributed by atoms with Crippen LogP contribution in [0.2, 0.25) is 0 Å². The van der Waals surface area contributed by atoms with E-state index in [0.717, 1.165) is 31.5 Å². The van der Waals surface area contributed by atoms with Gasteiger partial charge in [-0.05, 0) is 25.7 Å². The first kappa shape index (κ1) is 14.0. The number of nitrogens with two attached hydrogens (primary N) is 1. The van der Waals surface area contributed by atoms with Gasteiger partial charge >= 0.3 is 0 Å². The molecule has 20 heavy (non-hydrogen) atoms. The van der Waals surface area contributed by atoms with Crippen LogP contribution in [-0.4, -0.2) is 22.8 Å². The highest BCUT2D eigenvalue weighted by Gasteiger charge is 2.39. The Morgan fingerprint density at radius 1 is 1.10 bits per heavy atom. The van der Waals surface area contributed by atoms with E-state index in [1.54, 1.807) is 7.11 Å². The molecule has 0 aromatic carbocycles. The van der Waals surface area contributed by atoms with E-state index in [4.69, 9.17) is 15.0 Å². The fraction of sp³-hybridized carbons (Fsp3) is 0.867. The Kier molecular flexibility index (Phi) is 3.82. The highest BCUT2D eigenvalue weighted by Crippen LogP contribution is 2.39. The number of nitrogens with zero attached hydrogens (tertiary/aromatic N) is 2. The maximum atomic E-state index is 6.39. The van der Waals surface area contributed by atoms with Crippen molar-refractivity contribution in [2.24, 2.45) is 5.73 Å². The normalized spacial score (nSPS) is 24.9. The second kappa shape index (κ2) is 5.45. The molecule has 2 N–H and O–H groups in total. The second-order valence-corrected chi connectivity index (χ2v) is 6.52. The van der Waals surface area contributed by atoms with Crippen molar-refractivity contribution in [1.82, 2.24) is 10.1 Å². The SMILES string of the molecule is COC1(c2noc(CC3(N)CCCC3)n2)CCCCC1. The van der Waals surface area contributed by atoms with E-state index in [9.17, 15) is 0 Å². The molecule has 112 valence electrons. The molecule has 0 aliphatic heterocycles. The Morgan fingerprint density at radius 3 is 2.40 bits per heavy atom. The minimum absolute atomic E-state index is 0.142. The molecule has 0 atom stereocenters. The lowest BCUT2D eigenvalue weighted by atomic mass is 9.84. The molecule has 0 saturated heterocycles. The van der Waals surface area contributed by atoms with E-state index in [1.807, 2.05) is 0 Å².